The number of ether oxygens (including phenoxy) is 2. The molecule has 2 aliphatic carbocycles. The van der Waals surface area contributed by atoms with Crippen molar-refractivity contribution in [1.82, 2.24) is 0 Å². The number of hydrogen-bond acceptors (Lipinski definition) is 2. The third kappa shape index (κ3) is 2.07. The zero-order valence-corrected chi connectivity index (χ0v) is 13.7. The molecule has 0 amide bonds. The van der Waals surface area contributed by atoms with E-state index in [0.717, 1.165) is 42.3 Å². The highest BCUT2D eigenvalue weighted by Crippen LogP contribution is 2.58. The van der Waals surface area contributed by atoms with Gasteiger partial charge in [-0.3, -0.25) is 0 Å². The van der Waals surface area contributed by atoms with Crippen molar-refractivity contribution in [3.8, 4) is 5.75 Å². The van der Waals surface area contributed by atoms with Crippen molar-refractivity contribution in [2.45, 2.75) is 44.9 Å². The number of aryl methyl sites for hydroxylation is 1. The van der Waals surface area contributed by atoms with Crippen LogP contribution in [0.25, 0.3) is 0 Å². The van der Waals surface area contributed by atoms with Crippen molar-refractivity contribution in [2.75, 3.05) is 13.7 Å². The monoisotopic (exact) mass is 298 g/mol. The number of fused-ring (bicyclic) bond motifs is 5. The van der Waals surface area contributed by atoms with E-state index < -0.39 is 0 Å². The third-order valence-corrected chi connectivity index (χ3v) is 6.51. The molecule has 0 unspecified atom stereocenters. The molecule has 0 bridgehead atoms. The number of rotatable bonds is 1. The lowest BCUT2D eigenvalue weighted by molar-refractivity contribution is -0.0644. The zero-order valence-electron chi connectivity index (χ0n) is 13.7. The lowest BCUT2D eigenvalue weighted by atomic mass is 9.53. The van der Waals surface area contributed by atoms with Crippen LogP contribution in [0.1, 0.15) is 49.7 Å². The minimum atomic E-state index is 0.354. The van der Waals surface area contributed by atoms with Gasteiger partial charge in [-0.25, -0.2) is 0 Å². The van der Waals surface area contributed by atoms with E-state index in [4.69, 9.17) is 9.47 Å². The summed E-state index contributed by atoms with van der Waals surface area (Å²) in [5, 5.41) is 0. The average Bonchev–Trinajstić information content (AvgIpc) is 2.54. The van der Waals surface area contributed by atoms with Gasteiger partial charge < -0.3 is 9.47 Å². The van der Waals surface area contributed by atoms with Crippen molar-refractivity contribution < 1.29 is 9.47 Å². The van der Waals surface area contributed by atoms with Crippen LogP contribution in [0.4, 0.5) is 0 Å². The molecule has 0 N–H and O–H groups in total. The van der Waals surface area contributed by atoms with Crippen LogP contribution in [0.5, 0.6) is 5.75 Å². The van der Waals surface area contributed by atoms with Gasteiger partial charge in [-0.1, -0.05) is 19.6 Å². The fraction of sp³-hybridized carbons (Fsp3) is 0.600. The van der Waals surface area contributed by atoms with Gasteiger partial charge in [-0.05, 0) is 66.7 Å². The fourth-order valence-corrected chi connectivity index (χ4v) is 5.23. The van der Waals surface area contributed by atoms with E-state index in [0.29, 0.717) is 5.41 Å². The quantitative estimate of drug-likeness (QED) is 0.748. The van der Waals surface area contributed by atoms with Gasteiger partial charge in [0.25, 0.3) is 0 Å². The molecule has 1 heterocycles. The van der Waals surface area contributed by atoms with Crippen LogP contribution >= 0.6 is 0 Å². The predicted octanol–water partition coefficient (Wildman–Crippen LogP) is 4.69. The maximum absolute atomic E-state index is 5.82. The predicted molar refractivity (Wildman–Crippen MR) is 88.1 cm³/mol. The van der Waals surface area contributed by atoms with Crippen LogP contribution in [0, 0.1) is 17.3 Å². The highest BCUT2D eigenvalue weighted by Gasteiger charge is 2.50. The highest BCUT2D eigenvalue weighted by atomic mass is 16.5. The molecule has 0 aromatic heterocycles. The Bertz CT molecular complexity index is 606. The Morgan fingerprint density at radius 1 is 1.32 bits per heavy atom. The van der Waals surface area contributed by atoms with E-state index in [-0.39, 0.29) is 0 Å². The minimum Gasteiger partial charge on any atom is -0.498 e. The Kier molecular flexibility index (Phi) is 3.25. The summed E-state index contributed by atoms with van der Waals surface area (Å²) in [6, 6.07) is 6.71. The van der Waals surface area contributed by atoms with Gasteiger partial charge in [-0.2, -0.15) is 0 Å². The highest BCUT2D eigenvalue weighted by molar-refractivity contribution is 5.40. The van der Waals surface area contributed by atoms with Crippen LogP contribution in [-0.2, 0) is 11.2 Å². The van der Waals surface area contributed by atoms with Gasteiger partial charge in [0, 0.05) is 11.8 Å². The third-order valence-electron chi connectivity index (χ3n) is 6.51. The fourth-order valence-electron chi connectivity index (χ4n) is 5.23. The summed E-state index contributed by atoms with van der Waals surface area (Å²) in [5.74, 6) is 4.25. The normalized spacial score (nSPS) is 36.6. The molecular weight excluding hydrogens is 272 g/mol. The molecule has 4 atom stereocenters. The van der Waals surface area contributed by atoms with Crippen molar-refractivity contribution in [3.63, 3.8) is 0 Å². The van der Waals surface area contributed by atoms with Gasteiger partial charge in [0.05, 0.1) is 19.5 Å². The molecule has 3 aliphatic rings. The van der Waals surface area contributed by atoms with Crippen LogP contribution in [-0.4, -0.2) is 13.7 Å². The number of allylic oxidation sites excluding steroid dienone is 1. The van der Waals surface area contributed by atoms with Crippen LogP contribution in [0.3, 0.4) is 0 Å². The molecule has 1 aromatic carbocycles. The van der Waals surface area contributed by atoms with Crippen molar-refractivity contribution >= 4 is 0 Å². The molecule has 0 spiro atoms. The standard InChI is InChI=1S/C20H26O2/c1-13-10-19-18-6-4-14-11-15(21-3)5-7-16(14)17(18)8-9-20(19,2)12-22-13/h5,7,11,17-19H,1,4,6,8-10,12H2,2-3H3/t17-,18-,19+,20-/m1/s1. The van der Waals surface area contributed by atoms with Gasteiger partial charge >= 0.3 is 0 Å². The van der Waals surface area contributed by atoms with E-state index in [1.807, 2.05) is 0 Å². The molecule has 0 radical (unpaired) electrons. The first-order chi connectivity index (χ1) is 10.6. The van der Waals surface area contributed by atoms with Crippen molar-refractivity contribution in [1.29, 1.82) is 0 Å². The number of methoxy groups -OCH3 is 1. The molecule has 1 aliphatic heterocycles. The first kappa shape index (κ1) is 14.2. The molecule has 1 aromatic rings. The first-order valence-electron chi connectivity index (χ1n) is 8.58. The second kappa shape index (κ2) is 5.04. The second-order valence-electron chi connectivity index (χ2n) is 7.70. The van der Waals surface area contributed by atoms with Crippen LogP contribution < -0.4 is 4.74 Å². The lowest BCUT2D eigenvalue weighted by Gasteiger charge is -2.54. The molecule has 118 valence electrons. The number of hydrogen-bond donors (Lipinski definition) is 0. The Hall–Kier alpha value is -1.44. The van der Waals surface area contributed by atoms with E-state index >= 15 is 0 Å². The Morgan fingerprint density at radius 2 is 2.18 bits per heavy atom. The van der Waals surface area contributed by atoms with E-state index in [9.17, 15) is 0 Å². The van der Waals surface area contributed by atoms with Crippen LogP contribution in [0.15, 0.2) is 30.5 Å². The lowest BCUT2D eigenvalue weighted by Crippen LogP contribution is -2.47. The molecule has 1 saturated heterocycles. The van der Waals surface area contributed by atoms with Crippen molar-refractivity contribution in [3.05, 3.63) is 41.7 Å². The minimum absolute atomic E-state index is 0.354. The summed E-state index contributed by atoms with van der Waals surface area (Å²) < 4.78 is 11.2. The smallest absolute Gasteiger partial charge is 0.119 e. The molecule has 1 saturated carbocycles. The Balaban J connectivity index is 1.68. The number of benzene rings is 1. The Morgan fingerprint density at radius 3 is 3.00 bits per heavy atom. The van der Waals surface area contributed by atoms with Gasteiger partial charge in [0.2, 0.25) is 0 Å². The van der Waals surface area contributed by atoms with E-state index in [1.165, 1.54) is 31.2 Å². The molecule has 22 heavy (non-hydrogen) atoms. The van der Waals surface area contributed by atoms with Gasteiger partial charge in [0.15, 0.2) is 0 Å². The van der Waals surface area contributed by atoms with Gasteiger partial charge in [0.1, 0.15) is 5.75 Å². The van der Waals surface area contributed by atoms with E-state index in [1.54, 1.807) is 12.7 Å². The van der Waals surface area contributed by atoms with Gasteiger partial charge in [-0.15, -0.1) is 0 Å². The molecule has 2 heteroatoms. The maximum Gasteiger partial charge on any atom is 0.119 e. The summed E-state index contributed by atoms with van der Waals surface area (Å²) in [6.45, 7) is 7.41. The van der Waals surface area contributed by atoms with Crippen molar-refractivity contribution in [2.24, 2.45) is 17.3 Å². The molecule has 4 rings (SSSR count). The largest absolute Gasteiger partial charge is 0.498 e. The molecule has 2 nitrogen and oxygen atoms in total. The first-order valence-corrected chi connectivity index (χ1v) is 8.58. The summed E-state index contributed by atoms with van der Waals surface area (Å²) in [7, 11) is 1.76. The summed E-state index contributed by atoms with van der Waals surface area (Å²) in [6.07, 6.45) is 6.12. The second-order valence-corrected chi connectivity index (χ2v) is 7.70. The summed E-state index contributed by atoms with van der Waals surface area (Å²) in [5.41, 5.74) is 3.44. The van der Waals surface area contributed by atoms with Crippen LogP contribution in [0.2, 0.25) is 0 Å². The maximum atomic E-state index is 5.82. The summed E-state index contributed by atoms with van der Waals surface area (Å²) >= 11 is 0. The topological polar surface area (TPSA) is 18.5 Å². The summed E-state index contributed by atoms with van der Waals surface area (Å²) in [4.78, 5) is 0. The molecular formula is C20H26O2. The SMILES string of the molecule is C=C1C[C@H]2[C@@H]3CCc4cc(OC)ccc4[C@H]3CC[C@]2(C)CO1. The average molecular weight is 298 g/mol. The Labute approximate surface area is 133 Å². The molecule has 2 fully saturated rings. The van der Waals surface area contributed by atoms with E-state index in [2.05, 4.69) is 31.7 Å². The zero-order chi connectivity index (χ0) is 15.3.